The van der Waals surface area contributed by atoms with Gasteiger partial charge in [0.05, 0.1) is 10.6 Å². The molecule has 2 amide bonds. The van der Waals surface area contributed by atoms with Gasteiger partial charge in [-0.3, -0.25) is 14.6 Å². The first kappa shape index (κ1) is 20.6. The number of rotatable bonds is 8. The molecule has 0 bridgehead atoms. The minimum atomic E-state index is -0.654. The maximum atomic E-state index is 12.5. The first-order valence-corrected chi connectivity index (χ1v) is 10.1. The number of nitrogens with zero attached hydrogens (tertiary/aromatic N) is 1. The Labute approximate surface area is 166 Å². The Bertz CT molecular complexity index is 759. The highest BCUT2D eigenvalue weighted by Gasteiger charge is 2.22. The minimum Gasteiger partial charge on any atom is -0.350 e. The summed E-state index contributed by atoms with van der Waals surface area (Å²) in [6.45, 7) is 0.347. The maximum absolute atomic E-state index is 12.5. The molecule has 0 spiro atoms. The SMILES string of the molecule is CSCCC(NC(=O)c1ccc(Cl)cc1Cl)C(=O)NCc1cccnc1. The van der Waals surface area contributed by atoms with Gasteiger partial charge in [-0.05, 0) is 48.3 Å². The molecule has 1 heterocycles. The van der Waals surface area contributed by atoms with Crippen molar-refractivity contribution in [2.75, 3.05) is 12.0 Å². The van der Waals surface area contributed by atoms with Crippen molar-refractivity contribution in [1.29, 1.82) is 0 Å². The summed E-state index contributed by atoms with van der Waals surface area (Å²) < 4.78 is 0. The number of hydrogen-bond acceptors (Lipinski definition) is 4. The molecule has 0 aliphatic heterocycles. The molecular weight excluding hydrogens is 393 g/mol. The Morgan fingerprint density at radius 3 is 2.73 bits per heavy atom. The largest absolute Gasteiger partial charge is 0.350 e. The van der Waals surface area contributed by atoms with Gasteiger partial charge in [0, 0.05) is 24.0 Å². The molecule has 2 aromatic rings. The van der Waals surface area contributed by atoms with Crippen LogP contribution in [0.4, 0.5) is 0 Å². The summed E-state index contributed by atoms with van der Waals surface area (Å²) >= 11 is 13.5. The Kier molecular flexibility index (Phi) is 8.22. The summed E-state index contributed by atoms with van der Waals surface area (Å²) in [6.07, 6.45) is 5.81. The second-order valence-electron chi connectivity index (χ2n) is 5.51. The predicted octanol–water partition coefficient (Wildman–Crippen LogP) is 3.56. The van der Waals surface area contributed by atoms with E-state index in [9.17, 15) is 9.59 Å². The normalized spacial score (nSPS) is 11.7. The van der Waals surface area contributed by atoms with Crippen molar-refractivity contribution < 1.29 is 9.59 Å². The minimum absolute atomic E-state index is 0.245. The molecule has 1 unspecified atom stereocenters. The Morgan fingerprint density at radius 2 is 2.08 bits per heavy atom. The summed E-state index contributed by atoms with van der Waals surface area (Å²) in [6, 6.07) is 7.64. The summed E-state index contributed by atoms with van der Waals surface area (Å²) in [5.41, 5.74) is 1.17. The van der Waals surface area contributed by atoms with Gasteiger partial charge in [-0.2, -0.15) is 11.8 Å². The van der Waals surface area contributed by atoms with Crippen LogP contribution < -0.4 is 10.6 Å². The third-order valence-electron chi connectivity index (χ3n) is 3.60. The fourth-order valence-corrected chi connectivity index (χ4v) is 3.19. The molecule has 0 saturated carbocycles. The van der Waals surface area contributed by atoms with E-state index in [0.29, 0.717) is 18.0 Å². The lowest BCUT2D eigenvalue weighted by atomic mass is 10.1. The summed E-state index contributed by atoms with van der Waals surface area (Å²) in [7, 11) is 0. The van der Waals surface area contributed by atoms with Crippen LogP contribution in [0.1, 0.15) is 22.3 Å². The Hall–Kier alpha value is -1.76. The third kappa shape index (κ3) is 6.20. The summed E-state index contributed by atoms with van der Waals surface area (Å²) in [4.78, 5) is 29.0. The van der Waals surface area contributed by atoms with Crippen LogP contribution in [0.5, 0.6) is 0 Å². The zero-order valence-corrected chi connectivity index (χ0v) is 16.5. The molecular formula is C18H19Cl2N3O2S. The van der Waals surface area contributed by atoms with Gasteiger partial charge < -0.3 is 10.6 Å². The van der Waals surface area contributed by atoms with Gasteiger partial charge in [-0.25, -0.2) is 0 Å². The van der Waals surface area contributed by atoms with Gasteiger partial charge in [-0.15, -0.1) is 0 Å². The lowest BCUT2D eigenvalue weighted by molar-refractivity contribution is -0.123. The molecule has 0 aliphatic carbocycles. The fourth-order valence-electron chi connectivity index (χ4n) is 2.23. The Morgan fingerprint density at radius 1 is 1.27 bits per heavy atom. The average molecular weight is 412 g/mol. The zero-order chi connectivity index (χ0) is 18.9. The molecule has 138 valence electrons. The van der Waals surface area contributed by atoms with Gasteiger partial charge >= 0.3 is 0 Å². The number of benzene rings is 1. The molecule has 0 aliphatic rings. The molecule has 1 aromatic heterocycles. The number of pyridine rings is 1. The molecule has 2 rings (SSSR count). The van der Waals surface area contributed by atoms with Crippen LogP contribution >= 0.6 is 35.0 Å². The molecule has 5 nitrogen and oxygen atoms in total. The number of carbonyl (C=O) groups is 2. The highest BCUT2D eigenvalue weighted by Crippen LogP contribution is 2.21. The van der Waals surface area contributed by atoms with Crippen LogP contribution in [0.15, 0.2) is 42.7 Å². The van der Waals surface area contributed by atoms with Crippen molar-refractivity contribution in [2.24, 2.45) is 0 Å². The first-order valence-electron chi connectivity index (χ1n) is 7.92. The standard InChI is InChI=1S/C18H19Cl2N3O2S/c1-26-8-6-16(18(25)22-11-12-3-2-7-21-10-12)23-17(24)14-5-4-13(19)9-15(14)20/h2-5,7,9-10,16H,6,8,11H2,1H3,(H,22,25)(H,23,24). The Balaban J connectivity index is 2.03. The number of nitrogens with one attached hydrogen (secondary N) is 2. The van der Waals surface area contributed by atoms with E-state index in [4.69, 9.17) is 23.2 Å². The number of amides is 2. The predicted molar refractivity (Wildman–Crippen MR) is 107 cm³/mol. The van der Waals surface area contributed by atoms with Crippen LogP contribution in [0.2, 0.25) is 10.0 Å². The van der Waals surface area contributed by atoms with Crippen molar-refractivity contribution in [3.63, 3.8) is 0 Å². The quantitative estimate of drug-likeness (QED) is 0.696. The van der Waals surface area contributed by atoms with E-state index in [1.807, 2.05) is 12.3 Å². The molecule has 8 heteroatoms. The summed E-state index contributed by atoms with van der Waals surface area (Å²) in [5.74, 6) is 0.0789. The van der Waals surface area contributed by atoms with Gasteiger partial charge in [0.15, 0.2) is 0 Å². The highest BCUT2D eigenvalue weighted by molar-refractivity contribution is 7.98. The molecule has 0 saturated heterocycles. The number of aromatic nitrogens is 1. The van der Waals surface area contributed by atoms with Crippen molar-refractivity contribution in [1.82, 2.24) is 15.6 Å². The average Bonchev–Trinajstić information content (AvgIpc) is 2.63. The van der Waals surface area contributed by atoms with E-state index in [0.717, 1.165) is 11.3 Å². The van der Waals surface area contributed by atoms with Crippen LogP contribution in [-0.4, -0.2) is 34.8 Å². The van der Waals surface area contributed by atoms with Crippen LogP contribution in [0.25, 0.3) is 0 Å². The van der Waals surface area contributed by atoms with Crippen LogP contribution in [-0.2, 0) is 11.3 Å². The van der Waals surface area contributed by atoms with Crippen LogP contribution in [0.3, 0.4) is 0 Å². The number of thioether (sulfide) groups is 1. The van der Waals surface area contributed by atoms with E-state index >= 15 is 0 Å². The first-order chi connectivity index (χ1) is 12.5. The smallest absolute Gasteiger partial charge is 0.253 e. The fraction of sp³-hybridized carbons (Fsp3) is 0.278. The van der Waals surface area contributed by atoms with Gasteiger partial charge in [-0.1, -0.05) is 29.3 Å². The second-order valence-corrected chi connectivity index (χ2v) is 7.34. The molecule has 0 radical (unpaired) electrons. The van der Waals surface area contributed by atoms with Crippen molar-refractivity contribution in [3.05, 3.63) is 63.9 Å². The number of hydrogen-bond donors (Lipinski definition) is 2. The molecule has 0 fully saturated rings. The lowest BCUT2D eigenvalue weighted by Gasteiger charge is -2.18. The molecule has 2 N–H and O–H groups in total. The van der Waals surface area contributed by atoms with Gasteiger partial charge in [0.2, 0.25) is 5.91 Å². The van der Waals surface area contributed by atoms with E-state index in [1.165, 1.54) is 6.07 Å². The number of halogens is 2. The second kappa shape index (κ2) is 10.4. The molecule has 1 atom stereocenters. The van der Waals surface area contributed by atoms with Crippen molar-refractivity contribution >= 4 is 46.8 Å². The monoisotopic (exact) mass is 411 g/mol. The molecule has 1 aromatic carbocycles. The van der Waals surface area contributed by atoms with Gasteiger partial charge in [0.1, 0.15) is 6.04 Å². The van der Waals surface area contributed by atoms with Crippen molar-refractivity contribution in [2.45, 2.75) is 19.0 Å². The number of carbonyl (C=O) groups excluding carboxylic acids is 2. The topological polar surface area (TPSA) is 71.1 Å². The molecule has 26 heavy (non-hydrogen) atoms. The zero-order valence-electron chi connectivity index (χ0n) is 14.2. The van der Waals surface area contributed by atoms with E-state index in [-0.39, 0.29) is 16.5 Å². The van der Waals surface area contributed by atoms with E-state index in [2.05, 4.69) is 15.6 Å². The van der Waals surface area contributed by atoms with Crippen molar-refractivity contribution in [3.8, 4) is 0 Å². The third-order valence-corrected chi connectivity index (χ3v) is 4.79. The van der Waals surface area contributed by atoms with Gasteiger partial charge in [0.25, 0.3) is 5.91 Å². The highest BCUT2D eigenvalue weighted by atomic mass is 35.5. The summed E-state index contributed by atoms with van der Waals surface area (Å²) in [5, 5.41) is 6.28. The lowest BCUT2D eigenvalue weighted by Crippen LogP contribution is -2.47. The van der Waals surface area contributed by atoms with E-state index in [1.54, 1.807) is 42.4 Å². The van der Waals surface area contributed by atoms with E-state index < -0.39 is 11.9 Å². The maximum Gasteiger partial charge on any atom is 0.253 e. The van der Waals surface area contributed by atoms with Crippen LogP contribution in [0, 0.1) is 0 Å².